The largest absolute Gasteiger partial charge is 0.340 e. The Labute approximate surface area is 204 Å². The maximum Gasteiger partial charge on any atom is 0.219 e. The second-order valence-electron chi connectivity index (χ2n) is 7.11. The van der Waals surface area contributed by atoms with Gasteiger partial charge in [0.25, 0.3) is 0 Å². The summed E-state index contributed by atoms with van der Waals surface area (Å²) < 4.78 is 0. The average Bonchev–Trinajstić information content (AvgIpc) is 3.69. The van der Waals surface area contributed by atoms with Gasteiger partial charge in [0.05, 0.1) is 0 Å². The Balaban J connectivity index is 0. The van der Waals surface area contributed by atoms with Crippen LogP contribution in [-0.4, -0.2) is 47.9 Å². The molecule has 0 unspecified atom stereocenters. The Morgan fingerprint density at radius 2 is 1.59 bits per heavy atom. The van der Waals surface area contributed by atoms with Crippen molar-refractivity contribution in [3.8, 4) is 0 Å². The van der Waals surface area contributed by atoms with Crippen molar-refractivity contribution in [3.63, 3.8) is 0 Å². The quantitative estimate of drug-likeness (QED) is 0.422. The number of amides is 1. The van der Waals surface area contributed by atoms with Gasteiger partial charge in [0.2, 0.25) is 5.91 Å². The summed E-state index contributed by atoms with van der Waals surface area (Å²) in [6, 6.07) is 9.12. The van der Waals surface area contributed by atoms with E-state index in [4.69, 9.17) is 11.6 Å². The lowest BCUT2D eigenvalue weighted by Crippen LogP contribution is -2.48. The lowest BCUT2D eigenvalue weighted by atomic mass is 10.0. The molecule has 0 atom stereocenters. The summed E-state index contributed by atoms with van der Waals surface area (Å²) in [4.78, 5) is 15.5. The molecule has 1 saturated heterocycles. The first-order valence-corrected chi connectivity index (χ1v) is 12.9. The van der Waals surface area contributed by atoms with Crippen molar-refractivity contribution in [1.29, 1.82) is 0 Å². The fourth-order valence-electron chi connectivity index (χ4n) is 3.06. The maximum atomic E-state index is 11.0. The highest BCUT2D eigenvalue weighted by Crippen LogP contribution is 2.27. The van der Waals surface area contributed by atoms with Crippen LogP contribution in [0.1, 0.15) is 85.8 Å². The number of halogens is 1. The van der Waals surface area contributed by atoms with Crippen molar-refractivity contribution in [1.82, 2.24) is 9.80 Å². The number of hydrogen-bond acceptors (Lipinski definition) is 2. The lowest BCUT2D eigenvalue weighted by molar-refractivity contribution is -0.130. The van der Waals surface area contributed by atoms with Gasteiger partial charge in [-0.2, -0.15) is 0 Å². The highest BCUT2D eigenvalue weighted by atomic mass is 35.5. The molecular formula is C28H49ClN2O. The minimum atomic E-state index is 0.227. The zero-order valence-electron chi connectivity index (χ0n) is 22.3. The smallest absolute Gasteiger partial charge is 0.219 e. The van der Waals surface area contributed by atoms with Crippen molar-refractivity contribution in [2.45, 2.75) is 87.6 Å². The van der Waals surface area contributed by atoms with E-state index < -0.39 is 0 Å². The predicted octanol–water partition coefficient (Wildman–Crippen LogP) is 7.93. The molecule has 2 aliphatic rings. The van der Waals surface area contributed by atoms with Crippen LogP contribution in [0.15, 0.2) is 42.0 Å². The Morgan fingerprint density at radius 1 is 1.06 bits per heavy atom. The summed E-state index contributed by atoms with van der Waals surface area (Å²) in [6.07, 6.45) is 5.53. The first-order chi connectivity index (χ1) is 15.4. The number of carbonyl (C=O) groups excluding carboxylic acids is 1. The molecule has 1 amide bonds. The summed E-state index contributed by atoms with van der Waals surface area (Å²) in [6.45, 7) is 25.8. The molecule has 0 bridgehead atoms. The number of benzene rings is 1. The van der Waals surface area contributed by atoms with Gasteiger partial charge in [-0.3, -0.25) is 9.69 Å². The number of carbonyl (C=O) groups is 1. The van der Waals surface area contributed by atoms with Crippen molar-refractivity contribution < 1.29 is 4.79 Å². The van der Waals surface area contributed by atoms with E-state index in [1.807, 2.05) is 71.6 Å². The van der Waals surface area contributed by atoms with E-state index in [1.54, 1.807) is 6.92 Å². The third-order valence-electron chi connectivity index (χ3n) is 4.88. The minimum absolute atomic E-state index is 0.227. The fraction of sp³-hybridized carbons (Fsp3) is 0.607. The number of rotatable bonds is 4. The van der Waals surface area contributed by atoms with Crippen LogP contribution in [0.25, 0.3) is 5.57 Å². The summed E-state index contributed by atoms with van der Waals surface area (Å²) in [7, 11) is 0. The van der Waals surface area contributed by atoms with Crippen LogP contribution in [0.2, 0.25) is 0 Å². The molecule has 1 heterocycles. The van der Waals surface area contributed by atoms with Crippen LogP contribution in [0.3, 0.4) is 0 Å². The summed E-state index contributed by atoms with van der Waals surface area (Å²) in [5.74, 6) is 0.227. The molecule has 0 radical (unpaired) electrons. The first kappa shape index (κ1) is 32.6. The molecular weight excluding hydrogens is 416 g/mol. The molecule has 184 valence electrons. The molecule has 3 rings (SSSR count). The Kier molecular flexibility index (Phi) is 20.4. The number of allylic oxidation sites excluding steroid dienone is 3. The van der Waals surface area contributed by atoms with Crippen molar-refractivity contribution >= 4 is 23.1 Å². The van der Waals surface area contributed by atoms with Crippen LogP contribution in [0, 0.1) is 6.92 Å². The Morgan fingerprint density at radius 3 is 2.00 bits per heavy atom. The third kappa shape index (κ3) is 13.8. The van der Waals surface area contributed by atoms with E-state index in [0.717, 1.165) is 54.8 Å². The molecule has 0 N–H and O–H groups in total. The maximum absolute atomic E-state index is 11.0. The summed E-state index contributed by atoms with van der Waals surface area (Å²) in [5, 5.41) is 0.844. The van der Waals surface area contributed by atoms with Gasteiger partial charge in [-0.1, -0.05) is 96.5 Å². The minimum Gasteiger partial charge on any atom is -0.340 e. The van der Waals surface area contributed by atoms with Crippen LogP contribution < -0.4 is 0 Å². The number of aryl methyl sites for hydroxylation is 1. The highest BCUT2D eigenvalue weighted by molar-refractivity contribution is 6.30. The topological polar surface area (TPSA) is 23.6 Å². The normalized spacial score (nSPS) is 15.3. The third-order valence-corrected chi connectivity index (χ3v) is 5.26. The van der Waals surface area contributed by atoms with E-state index >= 15 is 0 Å². The molecule has 1 aromatic rings. The fourth-order valence-corrected chi connectivity index (χ4v) is 3.19. The van der Waals surface area contributed by atoms with Crippen LogP contribution >= 0.6 is 11.6 Å². The molecule has 32 heavy (non-hydrogen) atoms. The van der Waals surface area contributed by atoms with Gasteiger partial charge < -0.3 is 4.90 Å². The SMILES string of the molecule is C=C(/C=C(/Cl)CC)c1cccc(C)c1.CC.CC.CC.CC(=O)N1CCN(C2CC2)CC1. The van der Waals surface area contributed by atoms with Gasteiger partial charge >= 0.3 is 0 Å². The Bertz CT molecular complexity index is 657. The molecule has 0 aromatic heterocycles. The van der Waals surface area contributed by atoms with Gasteiger partial charge in [-0.25, -0.2) is 0 Å². The van der Waals surface area contributed by atoms with Gasteiger partial charge in [-0.15, -0.1) is 0 Å². The molecule has 1 aromatic carbocycles. The molecule has 2 fully saturated rings. The van der Waals surface area contributed by atoms with Crippen LogP contribution in [0.4, 0.5) is 0 Å². The van der Waals surface area contributed by atoms with Gasteiger partial charge in [0.1, 0.15) is 0 Å². The first-order valence-electron chi connectivity index (χ1n) is 12.5. The predicted molar refractivity (Wildman–Crippen MR) is 145 cm³/mol. The number of hydrogen-bond donors (Lipinski definition) is 0. The van der Waals surface area contributed by atoms with E-state index in [1.165, 1.54) is 18.4 Å². The molecule has 4 heteroatoms. The molecule has 0 spiro atoms. The number of nitrogens with zero attached hydrogens (tertiary/aromatic N) is 2. The molecule has 1 saturated carbocycles. The van der Waals surface area contributed by atoms with Crippen LogP contribution in [-0.2, 0) is 4.79 Å². The van der Waals surface area contributed by atoms with Crippen molar-refractivity contribution in [2.75, 3.05) is 26.2 Å². The zero-order valence-corrected chi connectivity index (χ0v) is 23.1. The van der Waals surface area contributed by atoms with E-state index in [2.05, 4.69) is 30.5 Å². The van der Waals surface area contributed by atoms with E-state index in [0.29, 0.717) is 0 Å². The van der Waals surface area contributed by atoms with Crippen molar-refractivity contribution in [2.24, 2.45) is 0 Å². The standard InChI is InChI=1S/C13H15Cl.C9H16N2O.3C2H6/c1-4-13(14)9-11(3)12-7-5-6-10(2)8-12;1-8(12)10-4-6-11(7-5-10)9-2-3-9;3*1-2/h5-9H,3-4H2,1-2H3;9H,2-7H2,1H3;3*1-2H3/b13-9+;;;;. The van der Waals surface area contributed by atoms with Crippen molar-refractivity contribution in [3.05, 3.63) is 53.1 Å². The van der Waals surface area contributed by atoms with E-state index in [-0.39, 0.29) is 5.91 Å². The summed E-state index contributed by atoms with van der Waals surface area (Å²) in [5.41, 5.74) is 3.35. The second-order valence-corrected chi connectivity index (χ2v) is 7.60. The molecule has 1 aliphatic carbocycles. The Hall–Kier alpha value is -1.58. The molecule has 3 nitrogen and oxygen atoms in total. The average molecular weight is 465 g/mol. The highest BCUT2D eigenvalue weighted by Gasteiger charge is 2.31. The molecule has 1 aliphatic heterocycles. The lowest BCUT2D eigenvalue weighted by Gasteiger charge is -2.34. The number of piperazine rings is 1. The second kappa shape index (κ2) is 20.1. The van der Waals surface area contributed by atoms with Gasteiger partial charge in [0.15, 0.2) is 0 Å². The van der Waals surface area contributed by atoms with Gasteiger partial charge in [-0.05, 0) is 43.4 Å². The monoisotopic (exact) mass is 464 g/mol. The van der Waals surface area contributed by atoms with Gasteiger partial charge in [0, 0.05) is 44.2 Å². The zero-order chi connectivity index (χ0) is 25.1. The van der Waals surface area contributed by atoms with E-state index in [9.17, 15) is 4.79 Å². The summed E-state index contributed by atoms with van der Waals surface area (Å²) >= 11 is 5.95. The van der Waals surface area contributed by atoms with Crippen LogP contribution in [0.5, 0.6) is 0 Å².